The van der Waals surface area contributed by atoms with Crippen molar-refractivity contribution in [3.8, 4) is 0 Å². The Bertz CT molecular complexity index is 413. The highest BCUT2D eigenvalue weighted by Crippen LogP contribution is 2.32. The normalized spacial score (nSPS) is 23.9. The van der Waals surface area contributed by atoms with Gasteiger partial charge in [-0.2, -0.15) is 0 Å². The van der Waals surface area contributed by atoms with Gasteiger partial charge in [-0.15, -0.1) is 11.3 Å². The van der Waals surface area contributed by atoms with E-state index in [4.69, 9.17) is 0 Å². The first-order chi connectivity index (χ1) is 8.61. The van der Waals surface area contributed by atoms with E-state index < -0.39 is 0 Å². The van der Waals surface area contributed by atoms with Gasteiger partial charge < -0.3 is 10.2 Å². The summed E-state index contributed by atoms with van der Waals surface area (Å²) in [5.41, 5.74) is 0. The van der Waals surface area contributed by atoms with Crippen molar-refractivity contribution in [1.82, 2.24) is 5.32 Å². The van der Waals surface area contributed by atoms with Crippen molar-refractivity contribution < 1.29 is 4.79 Å². The lowest BCUT2D eigenvalue weighted by molar-refractivity contribution is -0.123. The number of hydrogen-bond donors (Lipinski definition) is 1. The van der Waals surface area contributed by atoms with Gasteiger partial charge in [0.05, 0.1) is 8.79 Å². The summed E-state index contributed by atoms with van der Waals surface area (Å²) < 4.78 is 1.07. The summed E-state index contributed by atoms with van der Waals surface area (Å²) in [5, 5.41) is 4.31. The van der Waals surface area contributed by atoms with E-state index >= 15 is 0 Å². The van der Waals surface area contributed by atoms with Crippen molar-refractivity contribution in [3.63, 3.8) is 0 Å². The number of nitrogens with one attached hydrogen (secondary N) is 1. The molecule has 100 valence electrons. The maximum atomic E-state index is 12.4. The van der Waals surface area contributed by atoms with E-state index in [1.807, 2.05) is 26.2 Å². The Morgan fingerprint density at radius 2 is 2.06 bits per heavy atom. The van der Waals surface area contributed by atoms with Gasteiger partial charge in [-0.25, -0.2) is 0 Å². The molecule has 1 aromatic heterocycles. The summed E-state index contributed by atoms with van der Waals surface area (Å²) in [5.74, 6) is 0.458. The molecule has 1 aliphatic carbocycles. The average Bonchev–Trinajstić information content (AvgIpc) is 2.84. The van der Waals surface area contributed by atoms with Gasteiger partial charge in [0.25, 0.3) is 0 Å². The zero-order chi connectivity index (χ0) is 13.1. The predicted molar refractivity (Wildman–Crippen MR) is 80.2 cm³/mol. The van der Waals surface area contributed by atoms with E-state index in [1.165, 1.54) is 0 Å². The van der Waals surface area contributed by atoms with Gasteiger partial charge in [-0.3, -0.25) is 4.79 Å². The van der Waals surface area contributed by atoms with Gasteiger partial charge in [0.1, 0.15) is 0 Å². The number of carbonyl (C=O) groups is 1. The highest BCUT2D eigenvalue weighted by atomic mass is 79.9. The fourth-order valence-corrected chi connectivity index (χ4v) is 3.83. The number of amides is 1. The highest BCUT2D eigenvalue weighted by molar-refractivity contribution is 9.11. The van der Waals surface area contributed by atoms with Crippen LogP contribution in [0.5, 0.6) is 0 Å². The molecular formula is C13H19BrN2OS. The molecule has 0 unspecified atom stereocenters. The molecule has 1 saturated carbocycles. The summed E-state index contributed by atoms with van der Waals surface area (Å²) in [6.45, 7) is 0. The smallest absolute Gasteiger partial charge is 0.230 e. The van der Waals surface area contributed by atoms with Crippen LogP contribution in [0.15, 0.2) is 15.9 Å². The second-order valence-electron chi connectivity index (χ2n) is 4.81. The highest BCUT2D eigenvalue weighted by Gasteiger charge is 2.28. The Labute approximate surface area is 121 Å². The van der Waals surface area contributed by atoms with E-state index in [0.29, 0.717) is 6.04 Å². The van der Waals surface area contributed by atoms with Crippen molar-refractivity contribution in [2.75, 3.05) is 19.0 Å². The minimum atomic E-state index is 0.195. The molecule has 0 atom stereocenters. The molecule has 0 spiro atoms. The number of nitrogens with zero attached hydrogens (tertiary/aromatic N) is 1. The van der Waals surface area contributed by atoms with E-state index in [-0.39, 0.29) is 11.8 Å². The Balaban J connectivity index is 1.95. The monoisotopic (exact) mass is 330 g/mol. The predicted octanol–water partition coefficient (Wildman–Crippen LogP) is 3.25. The second kappa shape index (κ2) is 6.17. The van der Waals surface area contributed by atoms with Crippen LogP contribution in [0.3, 0.4) is 0 Å². The molecule has 2 rings (SSSR count). The number of carbonyl (C=O) groups excluding carboxylic acids is 1. The summed E-state index contributed by atoms with van der Waals surface area (Å²) >= 11 is 5.04. The van der Waals surface area contributed by atoms with Crippen LogP contribution in [0.4, 0.5) is 5.00 Å². The Morgan fingerprint density at radius 1 is 1.39 bits per heavy atom. The van der Waals surface area contributed by atoms with Crippen LogP contribution in [0.1, 0.15) is 25.7 Å². The Morgan fingerprint density at radius 3 is 2.56 bits per heavy atom. The maximum Gasteiger partial charge on any atom is 0.230 e. The van der Waals surface area contributed by atoms with Crippen molar-refractivity contribution in [3.05, 3.63) is 15.9 Å². The van der Waals surface area contributed by atoms with Gasteiger partial charge >= 0.3 is 0 Å². The van der Waals surface area contributed by atoms with Crippen LogP contribution < -0.4 is 10.2 Å². The second-order valence-corrected chi connectivity index (χ2v) is 7.25. The van der Waals surface area contributed by atoms with Crippen molar-refractivity contribution in [2.24, 2.45) is 5.92 Å². The SMILES string of the molecule is CNC1CCC(C(=O)N(C)c2ccc(Br)s2)CC1. The van der Waals surface area contributed by atoms with Crippen molar-refractivity contribution in [1.29, 1.82) is 0 Å². The molecular weight excluding hydrogens is 312 g/mol. The summed E-state index contributed by atoms with van der Waals surface area (Å²) in [4.78, 5) is 14.2. The average molecular weight is 331 g/mol. The van der Waals surface area contributed by atoms with Gasteiger partial charge in [-0.1, -0.05) is 0 Å². The fourth-order valence-electron chi connectivity index (χ4n) is 2.50. The van der Waals surface area contributed by atoms with E-state index in [0.717, 1.165) is 34.5 Å². The van der Waals surface area contributed by atoms with Crippen LogP contribution in [-0.4, -0.2) is 26.0 Å². The van der Waals surface area contributed by atoms with Gasteiger partial charge in [-0.05, 0) is 60.8 Å². The van der Waals surface area contributed by atoms with Crippen LogP contribution in [0.2, 0.25) is 0 Å². The molecule has 18 heavy (non-hydrogen) atoms. The number of halogens is 1. The molecule has 0 radical (unpaired) electrons. The Kier molecular flexibility index (Phi) is 4.81. The molecule has 1 heterocycles. The third-order valence-electron chi connectivity index (χ3n) is 3.70. The van der Waals surface area contributed by atoms with Gasteiger partial charge in [0.15, 0.2) is 0 Å². The molecule has 1 amide bonds. The van der Waals surface area contributed by atoms with Crippen LogP contribution in [0, 0.1) is 5.92 Å². The summed E-state index contributed by atoms with van der Waals surface area (Å²) in [6, 6.07) is 4.57. The summed E-state index contributed by atoms with van der Waals surface area (Å²) in [6.07, 6.45) is 4.21. The van der Waals surface area contributed by atoms with E-state index in [9.17, 15) is 4.79 Å². The molecule has 0 bridgehead atoms. The molecule has 0 saturated heterocycles. The third-order valence-corrected chi connectivity index (χ3v) is 5.40. The minimum absolute atomic E-state index is 0.195. The summed E-state index contributed by atoms with van der Waals surface area (Å²) in [7, 11) is 3.88. The minimum Gasteiger partial charge on any atom is -0.317 e. The van der Waals surface area contributed by atoms with Crippen LogP contribution >= 0.6 is 27.3 Å². The van der Waals surface area contributed by atoms with Gasteiger partial charge in [0, 0.05) is 19.0 Å². The number of anilines is 1. The largest absolute Gasteiger partial charge is 0.317 e. The molecule has 3 nitrogen and oxygen atoms in total. The first kappa shape index (κ1) is 14.0. The zero-order valence-electron chi connectivity index (χ0n) is 10.8. The molecule has 5 heteroatoms. The first-order valence-corrected chi connectivity index (χ1v) is 7.93. The number of thiophene rings is 1. The molecule has 1 fully saturated rings. The van der Waals surface area contributed by atoms with Crippen molar-refractivity contribution >= 4 is 38.2 Å². The topological polar surface area (TPSA) is 32.3 Å². The van der Waals surface area contributed by atoms with Crippen LogP contribution in [-0.2, 0) is 4.79 Å². The number of hydrogen-bond acceptors (Lipinski definition) is 3. The Hall–Kier alpha value is -0.390. The molecule has 0 aliphatic heterocycles. The lowest BCUT2D eigenvalue weighted by Crippen LogP contribution is -2.38. The third kappa shape index (κ3) is 3.13. The lowest BCUT2D eigenvalue weighted by atomic mass is 9.85. The van der Waals surface area contributed by atoms with Gasteiger partial charge in [0.2, 0.25) is 5.91 Å². The first-order valence-electron chi connectivity index (χ1n) is 6.32. The molecule has 0 aromatic carbocycles. The molecule has 1 N–H and O–H groups in total. The van der Waals surface area contributed by atoms with E-state index in [2.05, 4.69) is 21.2 Å². The fraction of sp³-hybridized carbons (Fsp3) is 0.615. The quantitative estimate of drug-likeness (QED) is 0.922. The molecule has 1 aliphatic rings. The zero-order valence-corrected chi connectivity index (χ0v) is 13.2. The van der Waals surface area contributed by atoms with Crippen molar-refractivity contribution in [2.45, 2.75) is 31.7 Å². The van der Waals surface area contributed by atoms with E-state index in [1.54, 1.807) is 16.2 Å². The molecule has 1 aromatic rings. The maximum absolute atomic E-state index is 12.4. The van der Waals surface area contributed by atoms with Crippen LogP contribution in [0.25, 0.3) is 0 Å². The standard InChI is InChI=1S/C13H19BrN2OS/c1-15-10-5-3-9(4-6-10)13(17)16(2)12-8-7-11(14)18-12/h7-10,15H,3-6H2,1-2H3. The lowest BCUT2D eigenvalue weighted by Gasteiger charge is -2.29. The number of rotatable bonds is 3.